The average Bonchev–Trinajstić information content (AvgIpc) is 2.79. The summed E-state index contributed by atoms with van der Waals surface area (Å²) in [7, 11) is 3.78. The number of ether oxygens (including phenoxy) is 1. The fourth-order valence-electron chi connectivity index (χ4n) is 2.60. The summed E-state index contributed by atoms with van der Waals surface area (Å²) in [4.78, 5) is 2.48. The molecule has 1 aromatic carbocycles. The molecule has 1 atom stereocenters. The topological polar surface area (TPSA) is 24.5 Å². The van der Waals surface area contributed by atoms with Crippen molar-refractivity contribution in [3.63, 3.8) is 0 Å². The monoisotopic (exact) mass is 234 g/mol. The lowest BCUT2D eigenvalue weighted by molar-refractivity contribution is 0.185. The van der Waals surface area contributed by atoms with Crippen LogP contribution in [0.3, 0.4) is 0 Å². The summed E-state index contributed by atoms with van der Waals surface area (Å²) in [6.07, 6.45) is 1.28. The highest BCUT2D eigenvalue weighted by Gasteiger charge is 2.23. The van der Waals surface area contributed by atoms with Gasteiger partial charge in [0.1, 0.15) is 0 Å². The number of nitrogens with zero attached hydrogens (tertiary/aromatic N) is 1. The Morgan fingerprint density at radius 1 is 1.41 bits per heavy atom. The molecule has 94 valence electrons. The van der Waals surface area contributed by atoms with Crippen molar-refractivity contribution >= 4 is 5.69 Å². The average molecular weight is 234 g/mol. The summed E-state index contributed by atoms with van der Waals surface area (Å²) in [6.45, 7) is 4.13. The first-order valence-electron chi connectivity index (χ1n) is 6.31. The first kappa shape index (κ1) is 12.4. The molecule has 1 aromatic rings. The van der Waals surface area contributed by atoms with Gasteiger partial charge in [-0.25, -0.2) is 0 Å². The van der Waals surface area contributed by atoms with E-state index >= 15 is 0 Å². The van der Waals surface area contributed by atoms with Crippen LogP contribution in [0.25, 0.3) is 0 Å². The second-order valence-corrected chi connectivity index (χ2v) is 4.72. The SMILES string of the molecule is CNCC1CCN(c2ccccc2COC)C1. The Morgan fingerprint density at radius 2 is 2.24 bits per heavy atom. The van der Waals surface area contributed by atoms with Gasteiger partial charge in [0.05, 0.1) is 6.61 Å². The van der Waals surface area contributed by atoms with E-state index in [1.165, 1.54) is 17.7 Å². The van der Waals surface area contributed by atoms with Crippen LogP contribution in [0.1, 0.15) is 12.0 Å². The van der Waals surface area contributed by atoms with E-state index in [4.69, 9.17) is 4.74 Å². The van der Waals surface area contributed by atoms with E-state index in [9.17, 15) is 0 Å². The van der Waals surface area contributed by atoms with Crippen molar-refractivity contribution < 1.29 is 4.74 Å². The Balaban J connectivity index is 2.07. The lowest BCUT2D eigenvalue weighted by Crippen LogP contribution is -2.25. The van der Waals surface area contributed by atoms with Gasteiger partial charge < -0.3 is 15.0 Å². The van der Waals surface area contributed by atoms with Gasteiger partial charge in [0.25, 0.3) is 0 Å². The zero-order valence-corrected chi connectivity index (χ0v) is 10.8. The molecule has 1 N–H and O–H groups in total. The number of para-hydroxylation sites is 1. The van der Waals surface area contributed by atoms with Crippen molar-refractivity contribution in [2.24, 2.45) is 5.92 Å². The van der Waals surface area contributed by atoms with Crippen LogP contribution >= 0.6 is 0 Å². The van der Waals surface area contributed by atoms with Gasteiger partial charge in [-0.05, 0) is 32.0 Å². The van der Waals surface area contributed by atoms with E-state index in [0.717, 1.165) is 25.6 Å². The second-order valence-electron chi connectivity index (χ2n) is 4.72. The highest BCUT2D eigenvalue weighted by atomic mass is 16.5. The summed E-state index contributed by atoms with van der Waals surface area (Å²) >= 11 is 0. The van der Waals surface area contributed by atoms with Crippen molar-refractivity contribution in [2.45, 2.75) is 13.0 Å². The standard InChI is InChI=1S/C14H22N2O/c1-15-9-12-7-8-16(10-12)14-6-4-3-5-13(14)11-17-2/h3-6,12,15H,7-11H2,1-2H3. The predicted molar refractivity (Wildman–Crippen MR) is 71.4 cm³/mol. The fourth-order valence-corrected chi connectivity index (χ4v) is 2.60. The van der Waals surface area contributed by atoms with Crippen LogP contribution in [0.15, 0.2) is 24.3 Å². The van der Waals surface area contributed by atoms with Crippen molar-refractivity contribution in [1.82, 2.24) is 5.32 Å². The maximum Gasteiger partial charge on any atom is 0.0733 e. The van der Waals surface area contributed by atoms with E-state index in [-0.39, 0.29) is 0 Å². The quantitative estimate of drug-likeness (QED) is 0.842. The molecule has 0 radical (unpaired) electrons. The van der Waals surface area contributed by atoms with Gasteiger partial charge in [0.15, 0.2) is 0 Å². The maximum atomic E-state index is 5.26. The highest BCUT2D eigenvalue weighted by Crippen LogP contribution is 2.27. The van der Waals surface area contributed by atoms with E-state index in [1.807, 2.05) is 7.05 Å². The Labute approximate surface area is 104 Å². The van der Waals surface area contributed by atoms with Gasteiger partial charge in [-0.2, -0.15) is 0 Å². The van der Waals surface area contributed by atoms with Gasteiger partial charge in [0.2, 0.25) is 0 Å². The molecule has 2 rings (SSSR count). The predicted octanol–water partition coefficient (Wildman–Crippen LogP) is 1.88. The van der Waals surface area contributed by atoms with Crippen molar-refractivity contribution in [3.05, 3.63) is 29.8 Å². The minimum atomic E-state index is 0.698. The molecule has 1 unspecified atom stereocenters. The first-order valence-corrected chi connectivity index (χ1v) is 6.31. The molecule has 3 heteroatoms. The Hall–Kier alpha value is -1.06. The van der Waals surface area contributed by atoms with Crippen LogP contribution in [-0.4, -0.2) is 33.8 Å². The first-order chi connectivity index (χ1) is 8.35. The summed E-state index contributed by atoms with van der Waals surface area (Å²) in [5.41, 5.74) is 2.63. The minimum absolute atomic E-state index is 0.698. The molecule has 0 aliphatic carbocycles. The summed E-state index contributed by atoms with van der Waals surface area (Å²) in [6, 6.07) is 8.55. The third kappa shape index (κ3) is 2.99. The lowest BCUT2D eigenvalue weighted by Gasteiger charge is -2.22. The number of hydrogen-bond acceptors (Lipinski definition) is 3. The maximum absolute atomic E-state index is 5.26. The molecule has 1 aliphatic rings. The molecule has 1 saturated heterocycles. The van der Waals surface area contributed by atoms with E-state index in [0.29, 0.717) is 6.61 Å². The fraction of sp³-hybridized carbons (Fsp3) is 0.571. The van der Waals surface area contributed by atoms with Gasteiger partial charge in [-0.15, -0.1) is 0 Å². The molecule has 0 bridgehead atoms. The molecule has 3 nitrogen and oxygen atoms in total. The largest absolute Gasteiger partial charge is 0.380 e. The van der Waals surface area contributed by atoms with Crippen molar-refractivity contribution in [2.75, 3.05) is 38.7 Å². The molecule has 17 heavy (non-hydrogen) atoms. The number of hydrogen-bond donors (Lipinski definition) is 1. The van der Waals surface area contributed by atoms with Gasteiger partial charge in [-0.1, -0.05) is 18.2 Å². The van der Waals surface area contributed by atoms with Gasteiger partial charge in [-0.3, -0.25) is 0 Å². The number of nitrogens with one attached hydrogen (secondary N) is 1. The molecule has 1 fully saturated rings. The molecular formula is C14H22N2O. The summed E-state index contributed by atoms with van der Waals surface area (Å²) < 4.78 is 5.26. The van der Waals surface area contributed by atoms with Crippen molar-refractivity contribution in [1.29, 1.82) is 0 Å². The number of anilines is 1. The third-order valence-electron chi connectivity index (χ3n) is 3.41. The Morgan fingerprint density at radius 3 is 3.00 bits per heavy atom. The highest BCUT2D eigenvalue weighted by molar-refractivity contribution is 5.54. The van der Waals surface area contributed by atoms with Gasteiger partial charge >= 0.3 is 0 Å². The molecule has 0 aromatic heterocycles. The lowest BCUT2D eigenvalue weighted by atomic mass is 10.1. The normalized spacial score (nSPS) is 19.9. The number of rotatable bonds is 5. The van der Waals surface area contributed by atoms with E-state index < -0.39 is 0 Å². The minimum Gasteiger partial charge on any atom is -0.380 e. The van der Waals surface area contributed by atoms with Crippen molar-refractivity contribution in [3.8, 4) is 0 Å². The van der Waals surface area contributed by atoms with Crippen LogP contribution in [0.2, 0.25) is 0 Å². The third-order valence-corrected chi connectivity index (χ3v) is 3.41. The molecule has 0 amide bonds. The number of methoxy groups -OCH3 is 1. The Kier molecular flexibility index (Phi) is 4.40. The van der Waals surface area contributed by atoms with Crippen LogP contribution in [-0.2, 0) is 11.3 Å². The number of benzene rings is 1. The summed E-state index contributed by atoms with van der Waals surface area (Å²) in [5, 5.41) is 3.27. The van der Waals surface area contributed by atoms with Crippen LogP contribution in [0, 0.1) is 5.92 Å². The molecular weight excluding hydrogens is 212 g/mol. The van der Waals surface area contributed by atoms with Crippen LogP contribution < -0.4 is 10.2 Å². The van der Waals surface area contributed by atoms with Crippen LogP contribution in [0.5, 0.6) is 0 Å². The smallest absolute Gasteiger partial charge is 0.0733 e. The summed E-state index contributed by atoms with van der Waals surface area (Å²) in [5.74, 6) is 0.774. The van der Waals surface area contributed by atoms with E-state index in [2.05, 4.69) is 34.5 Å². The van der Waals surface area contributed by atoms with Gasteiger partial charge in [0, 0.05) is 31.5 Å². The molecule has 1 heterocycles. The second kappa shape index (κ2) is 6.03. The zero-order valence-electron chi connectivity index (χ0n) is 10.8. The molecule has 0 spiro atoms. The molecule has 0 saturated carbocycles. The van der Waals surface area contributed by atoms with E-state index in [1.54, 1.807) is 7.11 Å². The zero-order chi connectivity index (χ0) is 12.1. The molecule has 1 aliphatic heterocycles. The van der Waals surface area contributed by atoms with Crippen LogP contribution in [0.4, 0.5) is 5.69 Å². The Bertz CT molecular complexity index is 354.